The Balaban J connectivity index is 1.94. The van der Waals surface area contributed by atoms with Crippen molar-refractivity contribution in [1.29, 1.82) is 0 Å². The second-order valence-corrected chi connectivity index (χ2v) is 6.80. The normalized spacial score (nSPS) is 10.5. The first kappa shape index (κ1) is 17.2. The third-order valence-electron chi connectivity index (χ3n) is 3.67. The van der Waals surface area contributed by atoms with E-state index in [-0.39, 0.29) is 17.2 Å². The van der Waals surface area contributed by atoms with Crippen LogP contribution in [0.4, 0.5) is 5.69 Å². The summed E-state index contributed by atoms with van der Waals surface area (Å²) in [7, 11) is 0. The molecule has 0 spiro atoms. The van der Waals surface area contributed by atoms with Gasteiger partial charge in [-0.15, -0.1) is 11.3 Å². The monoisotopic (exact) mass is 371 g/mol. The summed E-state index contributed by atoms with van der Waals surface area (Å²) >= 11 is 7.15. The number of thiophene rings is 1. The summed E-state index contributed by atoms with van der Waals surface area (Å²) in [5.41, 5.74) is 2.62. The molecule has 0 bridgehead atoms. The minimum atomic E-state index is -1.09. The number of amides is 1. The van der Waals surface area contributed by atoms with E-state index >= 15 is 0 Å². The maximum absolute atomic E-state index is 12.4. The number of carboxylic acid groups (broad SMARTS) is 1. The summed E-state index contributed by atoms with van der Waals surface area (Å²) in [6, 6.07) is 14.0. The molecule has 1 amide bonds. The Labute approximate surface area is 153 Å². The van der Waals surface area contributed by atoms with Gasteiger partial charge in [0.2, 0.25) is 0 Å². The fourth-order valence-corrected chi connectivity index (χ4v) is 3.50. The third-order valence-corrected chi connectivity index (χ3v) is 4.95. The number of aromatic carboxylic acids is 1. The number of rotatable bonds is 4. The standard InChI is InChI=1S/C19H14ClNO3S/c1-11-2-4-13(5-3-11)18(22)21-15-10-25-17(16(15)19(23)24)12-6-8-14(20)9-7-12/h2-10H,1H3,(H,21,22)(H,23,24). The van der Waals surface area contributed by atoms with Crippen LogP contribution in [0.15, 0.2) is 53.9 Å². The largest absolute Gasteiger partial charge is 0.478 e. The highest BCUT2D eigenvalue weighted by molar-refractivity contribution is 7.14. The lowest BCUT2D eigenvalue weighted by Crippen LogP contribution is -2.14. The summed E-state index contributed by atoms with van der Waals surface area (Å²) in [6.45, 7) is 1.93. The van der Waals surface area contributed by atoms with E-state index in [1.807, 2.05) is 19.1 Å². The van der Waals surface area contributed by atoms with E-state index in [2.05, 4.69) is 5.32 Å². The second-order valence-electron chi connectivity index (χ2n) is 5.49. The van der Waals surface area contributed by atoms with Gasteiger partial charge in [0.25, 0.3) is 5.91 Å². The van der Waals surface area contributed by atoms with Gasteiger partial charge >= 0.3 is 5.97 Å². The predicted molar refractivity (Wildman–Crippen MR) is 101 cm³/mol. The molecule has 4 nitrogen and oxygen atoms in total. The highest BCUT2D eigenvalue weighted by atomic mass is 35.5. The van der Waals surface area contributed by atoms with Crippen LogP contribution in [0.1, 0.15) is 26.3 Å². The van der Waals surface area contributed by atoms with Gasteiger partial charge in [-0.2, -0.15) is 0 Å². The molecule has 6 heteroatoms. The highest BCUT2D eigenvalue weighted by Crippen LogP contribution is 2.36. The lowest BCUT2D eigenvalue weighted by Gasteiger charge is -2.07. The number of hydrogen-bond acceptors (Lipinski definition) is 3. The Morgan fingerprint density at radius 2 is 1.68 bits per heavy atom. The van der Waals surface area contributed by atoms with E-state index < -0.39 is 5.97 Å². The van der Waals surface area contributed by atoms with Crippen LogP contribution in [-0.4, -0.2) is 17.0 Å². The molecule has 0 saturated heterocycles. The van der Waals surface area contributed by atoms with Crippen molar-refractivity contribution in [2.45, 2.75) is 6.92 Å². The molecule has 0 atom stereocenters. The minimum Gasteiger partial charge on any atom is -0.478 e. The maximum Gasteiger partial charge on any atom is 0.339 e. The van der Waals surface area contributed by atoms with Gasteiger partial charge in [-0.25, -0.2) is 4.79 Å². The molecule has 0 saturated carbocycles. The van der Waals surface area contributed by atoms with E-state index in [0.29, 0.717) is 15.5 Å². The molecule has 3 aromatic rings. The summed E-state index contributed by atoms with van der Waals surface area (Å²) in [6.07, 6.45) is 0. The number of hydrogen-bond donors (Lipinski definition) is 2. The number of carbonyl (C=O) groups excluding carboxylic acids is 1. The number of halogens is 1. The summed E-state index contributed by atoms with van der Waals surface area (Å²) in [4.78, 5) is 24.7. The van der Waals surface area contributed by atoms with Crippen LogP contribution in [0.25, 0.3) is 10.4 Å². The molecule has 25 heavy (non-hydrogen) atoms. The summed E-state index contributed by atoms with van der Waals surface area (Å²) in [5, 5.41) is 14.5. The van der Waals surface area contributed by atoms with Gasteiger partial charge in [-0.05, 0) is 36.8 Å². The minimum absolute atomic E-state index is 0.0767. The quantitative estimate of drug-likeness (QED) is 0.651. The van der Waals surface area contributed by atoms with E-state index in [0.717, 1.165) is 11.1 Å². The topological polar surface area (TPSA) is 66.4 Å². The van der Waals surface area contributed by atoms with Gasteiger partial charge in [-0.1, -0.05) is 41.4 Å². The first-order valence-corrected chi connectivity index (χ1v) is 8.70. The summed E-state index contributed by atoms with van der Waals surface area (Å²) < 4.78 is 0. The maximum atomic E-state index is 12.4. The van der Waals surface area contributed by atoms with Crippen LogP contribution in [-0.2, 0) is 0 Å². The zero-order chi connectivity index (χ0) is 18.0. The Bertz CT molecular complexity index is 930. The van der Waals surface area contributed by atoms with E-state index in [1.165, 1.54) is 11.3 Å². The molecule has 0 aliphatic carbocycles. The predicted octanol–water partition coefficient (Wildman–Crippen LogP) is 5.33. The van der Waals surface area contributed by atoms with Crippen LogP contribution >= 0.6 is 22.9 Å². The first-order valence-electron chi connectivity index (χ1n) is 7.44. The number of nitrogens with one attached hydrogen (secondary N) is 1. The average Bonchev–Trinajstić information content (AvgIpc) is 3.00. The molecule has 126 valence electrons. The van der Waals surface area contributed by atoms with Crippen LogP contribution in [0, 0.1) is 6.92 Å². The van der Waals surface area contributed by atoms with Crippen molar-refractivity contribution < 1.29 is 14.7 Å². The lowest BCUT2D eigenvalue weighted by molar-refractivity contribution is 0.0699. The van der Waals surface area contributed by atoms with Crippen LogP contribution in [0.3, 0.4) is 0 Å². The molecule has 2 N–H and O–H groups in total. The van der Waals surface area contributed by atoms with Gasteiger partial charge in [-0.3, -0.25) is 4.79 Å². The zero-order valence-electron chi connectivity index (χ0n) is 13.2. The Hall–Kier alpha value is -2.63. The molecular weight excluding hydrogens is 358 g/mol. The number of anilines is 1. The fraction of sp³-hybridized carbons (Fsp3) is 0.0526. The third kappa shape index (κ3) is 3.73. The molecule has 1 aromatic heterocycles. The van der Waals surface area contributed by atoms with Crippen LogP contribution in [0.5, 0.6) is 0 Å². The van der Waals surface area contributed by atoms with Gasteiger partial charge in [0, 0.05) is 16.0 Å². The second kappa shape index (κ2) is 7.09. The molecule has 0 unspecified atom stereocenters. The number of carbonyl (C=O) groups is 2. The molecule has 0 aliphatic rings. The van der Waals surface area contributed by atoms with Crippen molar-refractivity contribution in [3.63, 3.8) is 0 Å². The van der Waals surface area contributed by atoms with Gasteiger partial charge in [0.05, 0.1) is 10.6 Å². The molecule has 0 fully saturated rings. The molecular formula is C19H14ClNO3S. The van der Waals surface area contributed by atoms with Gasteiger partial charge in [0.1, 0.15) is 5.56 Å². The van der Waals surface area contributed by atoms with Crippen molar-refractivity contribution in [3.05, 3.63) is 75.6 Å². The van der Waals surface area contributed by atoms with Crippen LogP contribution < -0.4 is 5.32 Å². The SMILES string of the molecule is Cc1ccc(C(=O)Nc2csc(-c3ccc(Cl)cc3)c2C(=O)O)cc1. The van der Waals surface area contributed by atoms with Gasteiger partial charge in [0.15, 0.2) is 0 Å². The lowest BCUT2D eigenvalue weighted by atomic mass is 10.1. The van der Waals surface area contributed by atoms with Gasteiger partial charge < -0.3 is 10.4 Å². The summed E-state index contributed by atoms with van der Waals surface area (Å²) in [5.74, 6) is -1.44. The molecule has 1 heterocycles. The van der Waals surface area contributed by atoms with Crippen molar-refractivity contribution in [2.24, 2.45) is 0 Å². The van der Waals surface area contributed by atoms with E-state index in [1.54, 1.807) is 41.8 Å². The zero-order valence-corrected chi connectivity index (χ0v) is 14.8. The Kier molecular flexibility index (Phi) is 4.88. The van der Waals surface area contributed by atoms with Crippen LogP contribution in [0.2, 0.25) is 5.02 Å². The Morgan fingerprint density at radius 1 is 1.04 bits per heavy atom. The molecule has 0 radical (unpaired) electrons. The first-order chi connectivity index (χ1) is 12.0. The number of carboxylic acids is 1. The number of aryl methyl sites for hydroxylation is 1. The smallest absolute Gasteiger partial charge is 0.339 e. The van der Waals surface area contributed by atoms with E-state index in [4.69, 9.17) is 11.6 Å². The van der Waals surface area contributed by atoms with Crippen molar-refractivity contribution >= 4 is 40.5 Å². The van der Waals surface area contributed by atoms with E-state index in [9.17, 15) is 14.7 Å². The average molecular weight is 372 g/mol. The molecule has 2 aromatic carbocycles. The van der Waals surface area contributed by atoms with Crippen molar-refractivity contribution in [1.82, 2.24) is 0 Å². The number of benzene rings is 2. The van der Waals surface area contributed by atoms with Crippen molar-refractivity contribution in [2.75, 3.05) is 5.32 Å². The Morgan fingerprint density at radius 3 is 2.28 bits per heavy atom. The van der Waals surface area contributed by atoms with Crippen molar-refractivity contribution in [3.8, 4) is 10.4 Å². The molecule has 3 rings (SSSR count). The molecule has 0 aliphatic heterocycles. The fourth-order valence-electron chi connectivity index (χ4n) is 2.38. The highest BCUT2D eigenvalue weighted by Gasteiger charge is 2.21.